The minimum Gasteiger partial charge on any atom is -0.481 e. The van der Waals surface area contributed by atoms with Crippen LogP contribution < -0.4 is 15.0 Å². The monoisotopic (exact) mass is 380 g/mol. The number of carbonyl (C=O) groups is 1. The van der Waals surface area contributed by atoms with E-state index in [1.54, 1.807) is 0 Å². The number of benzene rings is 2. The maximum absolute atomic E-state index is 12.4. The zero-order chi connectivity index (χ0) is 20.1. The molecule has 1 heterocycles. The average Bonchev–Trinajstić information content (AvgIpc) is 2.68. The van der Waals surface area contributed by atoms with Gasteiger partial charge in [0, 0.05) is 25.3 Å². The van der Waals surface area contributed by atoms with Gasteiger partial charge in [-0.2, -0.15) is 0 Å². The number of nitrogens with zero attached hydrogens (tertiary/aromatic N) is 1. The quantitative estimate of drug-likeness (QED) is 0.727. The third-order valence-electron chi connectivity index (χ3n) is 5.55. The zero-order valence-corrected chi connectivity index (χ0v) is 17.5. The topological polar surface area (TPSA) is 41.6 Å². The molecule has 0 spiro atoms. The molecule has 28 heavy (non-hydrogen) atoms. The fourth-order valence-electron chi connectivity index (χ4n) is 3.84. The molecule has 150 valence electrons. The fourth-order valence-corrected chi connectivity index (χ4v) is 3.84. The number of para-hydroxylation sites is 1. The molecule has 3 rings (SSSR count). The summed E-state index contributed by atoms with van der Waals surface area (Å²) in [6.07, 6.45) is 2.78. The van der Waals surface area contributed by atoms with Crippen LogP contribution in [0, 0.1) is 20.8 Å². The first-order valence-electron chi connectivity index (χ1n) is 10.3. The fraction of sp³-hybridized carbons (Fsp3) is 0.458. The van der Waals surface area contributed by atoms with E-state index in [0.29, 0.717) is 6.54 Å². The lowest BCUT2D eigenvalue weighted by Gasteiger charge is -2.31. The van der Waals surface area contributed by atoms with Gasteiger partial charge in [0.2, 0.25) is 0 Å². The second-order valence-electron chi connectivity index (χ2n) is 7.83. The Labute approximate surface area is 168 Å². The van der Waals surface area contributed by atoms with Crippen molar-refractivity contribution in [1.29, 1.82) is 0 Å². The Bertz CT molecular complexity index is 831. The first kappa shape index (κ1) is 20.2. The van der Waals surface area contributed by atoms with Crippen molar-refractivity contribution in [3.05, 3.63) is 58.7 Å². The van der Waals surface area contributed by atoms with Crippen molar-refractivity contribution >= 4 is 11.6 Å². The Morgan fingerprint density at radius 2 is 2.00 bits per heavy atom. The molecule has 1 unspecified atom stereocenters. The molecule has 4 nitrogen and oxygen atoms in total. The number of anilines is 1. The van der Waals surface area contributed by atoms with E-state index in [4.69, 9.17) is 4.74 Å². The number of rotatable bonds is 7. The van der Waals surface area contributed by atoms with Crippen LogP contribution in [0.5, 0.6) is 5.75 Å². The van der Waals surface area contributed by atoms with Gasteiger partial charge in [0.1, 0.15) is 5.75 Å². The molecule has 1 aliphatic rings. The van der Waals surface area contributed by atoms with Gasteiger partial charge < -0.3 is 15.0 Å². The van der Waals surface area contributed by atoms with Crippen LogP contribution in [0.3, 0.4) is 0 Å². The molecule has 0 aliphatic carbocycles. The molecule has 0 saturated carbocycles. The maximum atomic E-state index is 12.4. The minimum absolute atomic E-state index is 0.0578. The number of hydrogen-bond acceptors (Lipinski definition) is 3. The van der Waals surface area contributed by atoms with Crippen LogP contribution in [0.25, 0.3) is 0 Å². The van der Waals surface area contributed by atoms with Crippen LogP contribution in [0.4, 0.5) is 5.69 Å². The van der Waals surface area contributed by atoms with E-state index in [1.165, 1.54) is 23.2 Å². The number of amides is 1. The normalized spacial score (nSPS) is 14.4. The molecule has 1 N–H and O–H groups in total. The highest BCUT2D eigenvalue weighted by Gasteiger charge is 2.18. The van der Waals surface area contributed by atoms with E-state index < -0.39 is 6.10 Å². The van der Waals surface area contributed by atoms with E-state index in [0.717, 1.165) is 42.8 Å². The van der Waals surface area contributed by atoms with E-state index in [9.17, 15) is 4.79 Å². The van der Waals surface area contributed by atoms with E-state index in [2.05, 4.69) is 47.5 Å². The lowest BCUT2D eigenvalue weighted by atomic mass is 10.0. The van der Waals surface area contributed by atoms with Crippen molar-refractivity contribution in [1.82, 2.24) is 5.32 Å². The van der Waals surface area contributed by atoms with Gasteiger partial charge in [-0.25, -0.2) is 0 Å². The Kier molecular flexibility index (Phi) is 6.61. The van der Waals surface area contributed by atoms with Gasteiger partial charge in [0.15, 0.2) is 6.10 Å². The zero-order valence-electron chi connectivity index (χ0n) is 17.5. The van der Waals surface area contributed by atoms with Crippen molar-refractivity contribution in [2.45, 2.75) is 53.1 Å². The Hall–Kier alpha value is -2.49. The maximum Gasteiger partial charge on any atom is 0.260 e. The number of fused-ring (bicyclic) bond motifs is 1. The predicted molar refractivity (Wildman–Crippen MR) is 115 cm³/mol. The number of aryl methyl sites for hydroxylation is 3. The third-order valence-corrected chi connectivity index (χ3v) is 5.55. The summed E-state index contributed by atoms with van der Waals surface area (Å²) in [7, 11) is 0. The molecule has 1 amide bonds. The highest BCUT2D eigenvalue weighted by Crippen LogP contribution is 2.26. The largest absolute Gasteiger partial charge is 0.481 e. The summed E-state index contributed by atoms with van der Waals surface area (Å²) in [5.74, 6) is 0.739. The molecule has 2 aromatic carbocycles. The summed E-state index contributed by atoms with van der Waals surface area (Å²) in [6, 6.07) is 12.8. The van der Waals surface area contributed by atoms with Crippen LogP contribution in [0.1, 0.15) is 42.0 Å². The third kappa shape index (κ3) is 4.86. The molecule has 1 aliphatic heterocycles. The molecule has 0 aromatic heterocycles. The Morgan fingerprint density at radius 1 is 1.21 bits per heavy atom. The van der Waals surface area contributed by atoms with Crippen molar-refractivity contribution in [3.63, 3.8) is 0 Å². The van der Waals surface area contributed by atoms with Crippen molar-refractivity contribution in [2.24, 2.45) is 0 Å². The second kappa shape index (κ2) is 9.13. The highest BCUT2D eigenvalue weighted by molar-refractivity contribution is 5.80. The second-order valence-corrected chi connectivity index (χ2v) is 7.83. The molecule has 0 fully saturated rings. The summed E-state index contributed by atoms with van der Waals surface area (Å²) in [5.41, 5.74) is 6.21. The van der Waals surface area contributed by atoms with E-state index in [1.807, 2.05) is 26.8 Å². The SMILES string of the molecule is Cc1cc(C)c(C)c(OC(C)C(=O)NCCCN2CCCc3ccccc32)c1. The van der Waals surface area contributed by atoms with E-state index >= 15 is 0 Å². The Balaban J connectivity index is 1.46. The summed E-state index contributed by atoms with van der Waals surface area (Å²) in [5, 5.41) is 3.02. The molecule has 2 aromatic rings. The first-order valence-corrected chi connectivity index (χ1v) is 10.3. The number of carbonyl (C=O) groups excluding carboxylic acids is 1. The van der Waals surface area contributed by atoms with Gasteiger partial charge >= 0.3 is 0 Å². The van der Waals surface area contributed by atoms with Gasteiger partial charge in [-0.3, -0.25) is 4.79 Å². The van der Waals surface area contributed by atoms with Gasteiger partial charge in [0.05, 0.1) is 0 Å². The van der Waals surface area contributed by atoms with Gasteiger partial charge in [0.25, 0.3) is 5.91 Å². The lowest BCUT2D eigenvalue weighted by Crippen LogP contribution is -2.38. The standard InChI is InChI=1S/C24H32N2O2/c1-17-15-18(2)19(3)23(16-17)28-20(4)24(27)25-12-8-14-26-13-7-10-21-9-5-6-11-22(21)26/h5-6,9,11,15-16,20H,7-8,10,12-14H2,1-4H3,(H,25,27). The van der Waals surface area contributed by atoms with E-state index in [-0.39, 0.29) is 5.91 Å². The van der Waals surface area contributed by atoms with Crippen LogP contribution in [0.2, 0.25) is 0 Å². The van der Waals surface area contributed by atoms with Gasteiger partial charge in [-0.05, 0) is 81.3 Å². The number of ether oxygens (including phenoxy) is 1. The molecule has 4 heteroatoms. The van der Waals surface area contributed by atoms with Crippen LogP contribution in [-0.4, -0.2) is 31.6 Å². The van der Waals surface area contributed by atoms with Gasteiger partial charge in [-0.15, -0.1) is 0 Å². The lowest BCUT2D eigenvalue weighted by molar-refractivity contribution is -0.127. The summed E-state index contributed by atoms with van der Waals surface area (Å²) < 4.78 is 5.94. The highest BCUT2D eigenvalue weighted by atomic mass is 16.5. The molecule has 0 bridgehead atoms. The first-order chi connectivity index (χ1) is 13.5. The minimum atomic E-state index is -0.504. The van der Waals surface area contributed by atoms with Crippen molar-refractivity contribution in [3.8, 4) is 5.75 Å². The van der Waals surface area contributed by atoms with Crippen LogP contribution in [-0.2, 0) is 11.2 Å². The molecule has 0 saturated heterocycles. The number of hydrogen-bond donors (Lipinski definition) is 1. The number of nitrogens with one attached hydrogen (secondary N) is 1. The summed E-state index contributed by atoms with van der Waals surface area (Å²) in [4.78, 5) is 14.9. The molecule has 0 radical (unpaired) electrons. The van der Waals surface area contributed by atoms with Crippen LogP contribution in [0.15, 0.2) is 36.4 Å². The van der Waals surface area contributed by atoms with Gasteiger partial charge in [-0.1, -0.05) is 24.3 Å². The molecular weight excluding hydrogens is 348 g/mol. The van der Waals surface area contributed by atoms with Crippen LogP contribution >= 0.6 is 0 Å². The molecule has 1 atom stereocenters. The summed E-state index contributed by atoms with van der Waals surface area (Å²) >= 11 is 0. The predicted octanol–water partition coefficient (Wildman–Crippen LogP) is 4.34. The average molecular weight is 381 g/mol. The Morgan fingerprint density at radius 3 is 2.82 bits per heavy atom. The van der Waals surface area contributed by atoms with Crippen molar-refractivity contribution < 1.29 is 9.53 Å². The summed E-state index contributed by atoms with van der Waals surface area (Å²) in [6.45, 7) is 10.7. The smallest absolute Gasteiger partial charge is 0.260 e. The molecular formula is C24H32N2O2. The van der Waals surface area contributed by atoms with Crippen molar-refractivity contribution in [2.75, 3.05) is 24.5 Å².